The summed E-state index contributed by atoms with van der Waals surface area (Å²) in [5, 5.41) is 5.57. The molecule has 0 aliphatic carbocycles. The van der Waals surface area contributed by atoms with Gasteiger partial charge in [0, 0.05) is 11.6 Å². The Labute approximate surface area is 156 Å². The molecule has 0 aliphatic rings. The second-order valence-corrected chi connectivity index (χ2v) is 7.58. The minimum Gasteiger partial charge on any atom is -0.297 e. The van der Waals surface area contributed by atoms with E-state index in [0.717, 1.165) is 5.56 Å². The molecule has 6 nitrogen and oxygen atoms in total. The fraction of sp³-hybridized carbons (Fsp3) is 0.111. The van der Waals surface area contributed by atoms with Crippen LogP contribution in [0.4, 0.5) is 5.13 Å². The van der Waals surface area contributed by atoms with E-state index in [4.69, 9.17) is 0 Å². The first-order chi connectivity index (χ1) is 12.6. The van der Waals surface area contributed by atoms with Crippen molar-refractivity contribution in [3.63, 3.8) is 0 Å². The van der Waals surface area contributed by atoms with Gasteiger partial charge in [-0.1, -0.05) is 30.3 Å². The third-order valence-corrected chi connectivity index (χ3v) is 5.86. The molecule has 0 bridgehead atoms. The van der Waals surface area contributed by atoms with Gasteiger partial charge in [-0.2, -0.15) is 0 Å². The first kappa shape index (κ1) is 16.6. The Hall–Kier alpha value is -2.84. The van der Waals surface area contributed by atoms with Crippen molar-refractivity contribution in [1.29, 1.82) is 0 Å². The van der Waals surface area contributed by atoms with Crippen LogP contribution in [0, 0.1) is 6.92 Å². The summed E-state index contributed by atoms with van der Waals surface area (Å²) in [6, 6.07) is 9.73. The molecule has 0 atom stereocenters. The second kappa shape index (κ2) is 6.81. The minimum atomic E-state index is -0.269. The summed E-state index contributed by atoms with van der Waals surface area (Å²) in [5.41, 5.74) is 1.53. The van der Waals surface area contributed by atoms with Gasteiger partial charge < -0.3 is 0 Å². The molecule has 4 rings (SSSR count). The highest BCUT2D eigenvalue weighted by Gasteiger charge is 2.20. The van der Waals surface area contributed by atoms with Crippen molar-refractivity contribution in [2.75, 3.05) is 5.32 Å². The zero-order chi connectivity index (χ0) is 18.1. The van der Waals surface area contributed by atoms with Gasteiger partial charge in [0.2, 0.25) is 0 Å². The summed E-state index contributed by atoms with van der Waals surface area (Å²) in [6.45, 7) is 2.23. The van der Waals surface area contributed by atoms with Crippen molar-refractivity contribution in [3.05, 3.63) is 74.6 Å². The largest absolute Gasteiger partial charge is 0.297 e. The highest BCUT2D eigenvalue weighted by atomic mass is 32.1. The Morgan fingerprint density at radius 1 is 1.23 bits per heavy atom. The summed E-state index contributed by atoms with van der Waals surface area (Å²) in [6.07, 6.45) is 3.16. The lowest BCUT2D eigenvalue weighted by Gasteiger charge is -2.05. The lowest BCUT2D eigenvalue weighted by atomic mass is 10.2. The molecule has 1 amide bonds. The average molecular weight is 382 g/mol. The number of hydrogen-bond acceptors (Lipinski definition) is 6. The van der Waals surface area contributed by atoms with Crippen molar-refractivity contribution < 1.29 is 4.79 Å². The number of rotatable bonds is 4. The number of nitrogens with zero attached hydrogens (tertiary/aromatic N) is 3. The Morgan fingerprint density at radius 3 is 2.77 bits per heavy atom. The number of thiophene rings is 1. The van der Waals surface area contributed by atoms with Crippen molar-refractivity contribution >= 4 is 43.9 Å². The van der Waals surface area contributed by atoms with Crippen LogP contribution in [0.25, 0.3) is 10.2 Å². The molecule has 4 aromatic rings. The summed E-state index contributed by atoms with van der Waals surface area (Å²) < 4.78 is 1.57. The van der Waals surface area contributed by atoms with Crippen molar-refractivity contribution in [1.82, 2.24) is 14.5 Å². The summed E-state index contributed by atoms with van der Waals surface area (Å²) >= 11 is 2.57. The molecule has 130 valence electrons. The lowest BCUT2D eigenvalue weighted by molar-refractivity contribution is 0.103. The van der Waals surface area contributed by atoms with Gasteiger partial charge in [-0.15, -0.1) is 22.7 Å². The van der Waals surface area contributed by atoms with E-state index in [1.54, 1.807) is 23.1 Å². The van der Waals surface area contributed by atoms with Gasteiger partial charge in [0.25, 0.3) is 11.5 Å². The maximum absolute atomic E-state index is 12.9. The van der Waals surface area contributed by atoms with Gasteiger partial charge in [-0.3, -0.25) is 19.5 Å². The fourth-order valence-corrected chi connectivity index (χ4v) is 4.27. The lowest BCUT2D eigenvalue weighted by Crippen LogP contribution is -2.21. The molecule has 1 aromatic carbocycles. The van der Waals surface area contributed by atoms with Gasteiger partial charge in [0.1, 0.15) is 4.83 Å². The predicted octanol–water partition coefficient (Wildman–Crippen LogP) is 3.52. The van der Waals surface area contributed by atoms with Crippen molar-refractivity contribution in [3.8, 4) is 0 Å². The Morgan fingerprint density at radius 2 is 2.04 bits per heavy atom. The number of carbonyl (C=O) groups is 1. The Bertz CT molecular complexity index is 1130. The molecular weight excluding hydrogens is 368 g/mol. The fourth-order valence-electron chi connectivity index (χ4n) is 2.71. The number of aryl methyl sites for hydroxylation is 1. The number of anilines is 1. The predicted molar refractivity (Wildman–Crippen MR) is 104 cm³/mol. The smallest absolute Gasteiger partial charge is 0.267 e. The maximum Gasteiger partial charge on any atom is 0.267 e. The number of nitrogens with one attached hydrogen (secondary N) is 1. The number of carbonyl (C=O) groups excluding carboxylic acids is 1. The van der Waals surface area contributed by atoms with E-state index >= 15 is 0 Å². The molecular formula is C18H14N4O2S2. The van der Waals surface area contributed by atoms with Crippen LogP contribution in [-0.2, 0) is 6.54 Å². The van der Waals surface area contributed by atoms with Crippen molar-refractivity contribution in [2.24, 2.45) is 0 Å². The van der Waals surface area contributed by atoms with Gasteiger partial charge in [0.05, 0.1) is 23.1 Å². The monoisotopic (exact) mass is 382 g/mol. The third kappa shape index (κ3) is 3.04. The standard InChI is InChI=1S/C18H14N4O2S2/c1-11-13-16(26-14(11)15(23)21-18-19-7-8-25-18)20-10-22(17(13)24)9-12-5-3-2-4-6-12/h2-8,10H,9H2,1H3,(H,19,21,23). The van der Waals surface area contributed by atoms with Crippen LogP contribution in [0.15, 0.2) is 53.0 Å². The number of thiazole rings is 1. The number of benzene rings is 1. The van der Waals surface area contributed by atoms with Gasteiger partial charge in [0.15, 0.2) is 5.13 Å². The zero-order valence-electron chi connectivity index (χ0n) is 13.8. The van der Waals surface area contributed by atoms with E-state index in [9.17, 15) is 9.59 Å². The second-order valence-electron chi connectivity index (χ2n) is 5.69. The number of hydrogen-bond donors (Lipinski definition) is 1. The molecule has 26 heavy (non-hydrogen) atoms. The van der Waals surface area contributed by atoms with Crippen LogP contribution in [-0.4, -0.2) is 20.4 Å². The van der Waals surface area contributed by atoms with Crippen LogP contribution in [0.2, 0.25) is 0 Å². The molecule has 0 saturated heterocycles. The van der Waals surface area contributed by atoms with E-state index in [2.05, 4.69) is 15.3 Å². The normalized spacial score (nSPS) is 11.0. The minimum absolute atomic E-state index is 0.138. The Balaban J connectivity index is 1.72. The summed E-state index contributed by atoms with van der Waals surface area (Å²) in [5.74, 6) is -0.269. The number of amides is 1. The highest BCUT2D eigenvalue weighted by molar-refractivity contribution is 7.20. The Kier molecular flexibility index (Phi) is 4.36. The van der Waals surface area contributed by atoms with Gasteiger partial charge in [-0.05, 0) is 18.1 Å². The van der Waals surface area contributed by atoms with E-state index in [-0.39, 0.29) is 11.5 Å². The molecule has 0 spiro atoms. The first-order valence-electron chi connectivity index (χ1n) is 7.87. The molecule has 1 N–H and O–H groups in total. The summed E-state index contributed by atoms with van der Waals surface area (Å²) in [7, 11) is 0. The number of fused-ring (bicyclic) bond motifs is 1. The van der Waals surface area contributed by atoms with Crippen LogP contribution < -0.4 is 10.9 Å². The molecule has 0 saturated carbocycles. The van der Waals surface area contributed by atoms with Gasteiger partial charge >= 0.3 is 0 Å². The van der Waals surface area contributed by atoms with Crippen molar-refractivity contribution in [2.45, 2.75) is 13.5 Å². The highest BCUT2D eigenvalue weighted by Crippen LogP contribution is 2.28. The van der Waals surface area contributed by atoms with E-state index < -0.39 is 0 Å². The molecule has 0 unspecified atom stereocenters. The molecule has 0 aliphatic heterocycles. The number of aromatic nitrogens is 3. The van der Waals surface area contributed by atoms with E-state index in [1.807, 2.05) is 30.3 Å². The average Bonchev–Trinajstić information content (AvgIpc) is 3.26. The molecule has 3 heterocycles. The molecule has 3 aromatic heterocycles. The third-order valence-electron chi connectivity index (χ3n) is 3.97. The summed E-state index contributed by atoms with van der Waals surface area (Å²) in [4.78, 5) is 34.9. The van der Waals surface area contributed by atoms with Gasteiger partial charge in [-0.25, -0.2) is 9.97 Å². The van der Waals surface area contributed by atoms with Crippen LogP contribution >= 0.6 is 22.7 Å². The SMILES string of the molecule is Cc1c(C(=O)Nc2nccs2)sc2ncn(Cc3ccccc3)c(=O)c12. The zero-order valence-corrected chi connectivity index (χ0v) is 15.4. The van der Waals surface area contributed by atoms with Crippen LogP contribution in [0.3, 0.4) is 0 Å². The maximum atomic E-state index is 12.9. The van der Waals surface area contributed by atoms with Crippen LogP contribution in [0.1, 0.15) is 20.8 Å². The molecule has 8 heteroatoms. The molecule has 0 fully saturated rings. The molecule has 0 radical (unpaired) electrons. The van der Waals surface area contributed by atoms with E-state index in [0.29, 0.717) is 32.3 Å². The topological polar surface area (TPSA) is 76.9 Å². The van der Waals surface area contributed by atoms with Crippen LogP contribution in [0.5, 0.6) is 0 Å². The van der Waals surface area contributed by atoms with E-state index in [1.165, 1.54) is 29.0 Å². The quantitative estimate of drug-likeness (QED) is 0.586. The first-order valence-corrected chi connectivity index (χ1v) is 9.56.